The van der Waals surface area contributed by atoms with Gasteiger partial charge in [0.05, 0.1) is 21.7 Å². The third-order valence-corrected chi connectivity index (χ3v) is 3.15. The van der Waals surface area contributed by atoms with Crippen LogP contribution in [0.1, 0.15) is 10.4 Å². The van der Waals surface area contributed by atoms with Gasteiger partial charge in [0, 0.05) is 13.1 Å². The molecule has 3 nitrogen and oxygen atoms in total. The standard InChI is InChI=1S/C10H9Cl2NO2/c11-8-3-1-2-7(9(8)12)10(15)13-4-6(14)5-13/h1-3,6,14H,4-5H2. The van der Waals surface area contributed by atoms with E-state index in [1.807, 2.05) is 0 Å². The van der Waals surface area contributed by atoms with E-state index in [2.05, 4.69) is 0 Å². The van der Waals surface area contributed by atoms with Gasteiger partial charge in [-0.25, -0.2) is 0 Å². The molecule has 0 unspecified atom stereocenters. The number of rotatable bonds is 1. The van der Waals surface area contributed by atoms with Crippen molar-refractivity contribution in [2.45, 2.75) is 6.10 Å². The molecule has 1 aromatic rings. The third-order valence-electron chi connectivity index (χ3n) is 2.33. The molecule has 0 saturated carbocycles. The summed E-state index contributed by atoms with van der Waals surface area (Å²) in [5.74, 6) is -0.187. The first kappa shape index (κ1) is 10.7. The van der Waals surface area contributed by atoms with Crippen molar-refractivity contribution < 1.29 is 9.90 Å². The van der Waals surface area contributed by atoms with Gasteiger partial charge in [-0.2, -0.15) is 0 Å². The molecule has 1 amide bonds. The predicted molar refractivity (Wildman–Crippen MR) is 58.4 cm³/mol. The Kier molecular flexibility index (Phi) is 2.87. The van der Waals surface area contributed by atoms with Gasteiger partial charge in [-0.1, -0.05) is 29.3 Å². The van der Waals surface area contributed by atoms with E-state index >= 15 is 0 Å². The summed E-state index contributed by atoms with van der Waals surface area (Å²) in [4.78, 5) is 13.3. The zero-order valence-corrected chi connectivity index (χ0v) is 9.29. The van der Waals surface area contributed by atoms with Gasteiger partial charge in [0.1, 0.15) is 0 Å². The number of aliphatic hydroxyl groups excluding tert-OH is 1. The monoisotopic (exact) mass is 245 g/mol. The summed E-state index contributed by atoms with van der Waals surface area (Å²) in [6.07, 6.45) is -0.410. The van der Waals surface area contributed by atoms with E-state index in [4.69, 9.17) is 28.3 Å². The Balaban J connectivity index is 2.22. The molecule has 0 spiro atoms. The second kappa shape index (κ2) is 4.00. The van der Waals surface area contributed by atoms with Crippen LogP contribution in [0.3, 0.4) is 0 Å². The van der Waals surface area contributed by atoms with E-state index in [9.17, 15) is 4.79 Å². The van der Waals surface area contributed by atoms with Gasteiger partial charge < -0.3 is 10.0 Å². The molecule has 2 rings (SSSR count). The third kappa shape index (κ3) is 1.95. The molecule has 1 heterocycles. The minimum Gasteiger partial charge on any atom is -0.389 e. The minimum atomic E-state index is -0.410. The number of hydrogen-bond donors (Lipinski definition) is 1. The molecular weight excluding hydrogens is 237 g/mol. The van der Waals surface area contributed by atoms with Crippen LogP contribution in [-0.2, 0) is 0 Å². The van der Waals surface area contributed by atoms with Crippen molar-refractivity contribution >= 4 is 29.1 Å². The Labute approximate surface area is 97.2 Å². The number of aliphatic hydroxyl groups is 1. The van der Waals surface area contributed by atoms with Gasteiger partial charge in [0.15, 0.2) is 0 Å². The highest BCUT2D eigenvalue weighted by Crippen LogP contribution is 2.27. The number of carbonyl (C=O) groups excluding carboxylic acids is 1. The number of amides is 1. The Hall–Kier alpha value is -0.770. The zero-order chi connectivity index (χ0) is 11.0. The van der Waals surface area contributed by atoms with Crippen molar-refractivity contribution in [3.63, 3.8) is 0 Å². The van der Waals surface area contributed by atoms with Crippen LogP contribution >= 0.6 is 23.2 Å². The van der Waals surface area contributed by atoms with Crippen LogP contribution in [-0.4, -0.2) is 35.1 Å². The van der Waals surface area contributed by atoms with Gasteiger partial charge in [-0.05, 0) is 12.1 Å². The molecule has 1 aromatic carbocycles. The van der Waals surface area contributed by atoms with E-state index in [-0.39, 0.29) is 10.9 Å². The molecule has 1 N–H and O–H groups in total. The second-order valence-corrected chi connectivity index (χ2v) is 4.25. The van der Waals surface area contributed by atoms with E-state index in [1.54, 1.807) is 18.2 Å². The first-order valence-electron chi connectivity index (χ1n) is 4.51. The van der Waals surface area contributed by atoms with Crippen molar-refractivity contribution in [3.8, 4) is 0 Å². The molecule has 0 bridgehead atoms. The number of β-amino-alcohol motifs (C(OH)–C–C–N with tert-alkyl or cyclic N) is 1. The molecule has 0 atom stereocenters. The summed E-state index contributed by atoms with van der Waals surface area (Å²) in [6, 6.07) is 4.94. The summed E-state index contributed by atoms with van der Waals surface area (Å²) in [7, 11) is 0. The van der Waals surface area contributed by atoms with Crippen LogP contribution < -0.4 is 0 Å². The lowest BCUT2D eigenvalue weighted by Gasteiger charge is -2.36. The fourth-order valence-corrected chi connectivity index (χ4v) is 1.84. The van der Waals surface area contributed by atoms with Crippen LogP contribution in [0.4, 0.5) is 0 Å². The molecule has 1 fully saturated rings. The number of halogens is 2. The highest BCUT2D eigenvalue weighted by atomic mass is 35.5. The number of benzene rings is 1. The van der Waals surface area contributed by atoms with E-state index in [1.165, 1.54) is 4.90 Å². The van der Waals surface area contributed by atoms with Crippen LogP contribution in [0, 0.1) is 0 Å². The summed E-state index contributed by atoms with van der Waals surface area (Å²) in [5.41, 5.74) is 0.385. The molecule has 5 heteroatoms. The fraction of sp³-hybridized carbons (Fsp3) is 0.300. The Morgan fingerprint density at radius 2 is 2.07 bits per heavy atom. The summed E-state index contributed by atoms with van der Waals surface area (Å²) < 4.78 is 0. The van der Waals surface area contributed by atoms with Crippen molar-refractivity contribution in [2.24, 2.45) is 0 Å². The SMILES string of the molecule is O=C(c1cccc(Cl)c1Cl)N1CC(O)C1. The molecule has 0 aliphatic carbocycles. The fourth-order valence-electron chi connectivity index (χ4n) is 1.46. The van der Waals surface area contributed by atoms with Crippen LogP contribution in [0.25, 0.3) is 0 Å². The molecule has 15 heavy (non-hydrogen) atoms. The smallest absolute Gasteiger partial charge is 0.255 e. The molecular formula is C10H9Cl2NO2. The second-order valence-electron chi connectivity index (χ2n) is 3.47. The lowest BCUT2D eigenvalue weighted by molar-refractivity contribution is 0.00590. The first-order valence-corrected chi connectivity index (χ1v) is 5.26. The predicted octanol–water partition coefficient (Wildman–Crippen LogP) is 1.81. The maximum absolute atomic E-state index is 11.8. The van der Waals surface area contributed by atoms with Gasteiger partial charge in [0.25, 0.3) is 5.91 Å². The minimum absolute atomic E-state index is 0.187. The number of hydrogen-bond acceptors (Lipinski definition) is 2. The Morgan fingerprint density at radius 1 is 1.40 bits per heavy atom. The maximum atomic E-state index is 11.8. The van der Waals surface area contributed by atoms with E-state index < -0.39 is 6.10 Å². The van der Waals surface area contributed by atoms with E-state index in [0.29, 0.717) is 23.7 Å². The van der Waals surface area contributed by atoms with Crippen molar-refractivity contribution in [1.82, 2.24) is 4.90 Å². The average molecular weight is 246 g/mol. The summed E-state index contributed by atoms with van der Waals surface area (Å²) in [5, 5.41) is 9.72. The van der Waals surface area contributed by atoms with Crippen LogP contribution in [0.2, 0.25) is 10.0 Å². The largest absolute Gasteiger partial charge is 0.389 e. The maximum Gasteiger partial charge on any atom is 0.255 e. The number of likely N-dealkylation sites (tertiary alicyclic amines) is 1. The summed E-state index contributed by atoms with van der Waals surface area (Å²) >= 11 is 11.7. The Bertz CT molecular complexity index is 402. The topological polar surface area (TPSA) is 40.5 Å². The molecule has 1 aliphatic rings. The zero-order valence-electron chi connectivity index (χ0n) is 7.78. The highest BCUT2D eigenvalue weighted by Gasteiger charge is 2.30. The summed E-state index contributed by atoms with van der Waals surface area (Å²) in [6.45, 7) is 0.726. The van der Waals surface area contributed by atoms with Gasteiger partial charge in [-0.15, -0.1) is 0 Å². The van der Waals surface area contributed by atoms with Crippen LogP contribution in [0.5, 0.6) is 0 Å². The van der Waals surface area contributed by atoms with Gasteiger partial charge in [0.2, 0.25) is 0 Å². The number of carbonyl (C=O) groups is 1. The Morgan fingerprint density at radius 3 is 2.67 bits per heavy atom. The van der Waals surface area contributed by atoms with Crippen molar-refractivity contribution in [3.05, 3.63) is 33.8 Å². The quantitative estimate of drug-likeness (QED) is 0.820. The normalized spacial score (nSPS) is 16.3. The lowest BCUT2D eigenvalue weighted by Crippen LogP contribution is -2.53. The molecule has 0 radical (unpaired) electrons. The number of nitrogens with zero attached hydrogens (tertiary/aromatic N) is 1. The highest BCUT2D eigenvalue weighted by molar-refractivity contribution is 6.43. The van der Waals surface area contributed by atoms with Gasteiger partial charge >= 0.3 is 0 Å². The average Bonchev–Trinajstić information content (AvgIpc) is 2.16. The first-order chi connectivity index (χ1) is 7.09. The van der Waals surface area contributed by atoms with Crippen molar-refractivity contribution in [2.75, 3.05) is 13.1 Å². The molecule has 1 saturated heterocycles. The van der Waals surface area contributed by atoms with Crippen molar-refractivity contribution in [1.29, 1.82) is 0 Å². The lowest BCUT2D eigenvalue weighted by atomic mass is 10.1. The van der Waals surface area contributed by atoms with Crippen LogP contribution in [0.15, 0.2) is 18.2 Å². The van der Waals surface area contributed by atoms with Gasteiger partial charge in [-0.3, -0.25) is 4.79 Å². The molecule has 80 valence electrons. The molecule has 1 aliphatic heterocycles. The van der Waals surface area contributed by atoms with E-state index in [0.717, 1.165) is 0 Å². The molecule has 0 aromatic heterocycles.